The van der Waals surface area contributed by atoms with Gasteiger partial charge < -0.3 is 29.5 Å². The van der Waals surface area contributed by atoms with Crippen LogP contribution in [0.1, 0.15) is 63.9 Å². The highest BCUT2D eigenvalue weighted by Crippen LogP contribution is 2.34. The molecule has 10 nitrogen and oxygen atoms in total. The molecule has 0 radical (unpaired) electrons. The molecule has 2 aliphatic rings. The fourth-order valence-corrected chi connectivity index (χ4v) is 4.50. The topological polar surface area (TPSA) is 123 Å². The lowest BCUT2D eigenvalue weighted by Crippen LogP contribution is -2.36. The van der Waals surface area contributed by atoms with E-state index in [0.717, 1.165) is 0 Å². The second-order valence-corrected chi connectivity index (χ2v) is 9.38. The molecule has 2 aromatic carbocycles. The molecule has 0 saturated heterocycles. The summed E-state index contributed by atoms with van der Waals surface area (Å²) in [6.45, 7) is 4.47. The van der Waals surface area contributed by atoms with E-state index in [1.807, 2.05) is 6.92 Å². The molecule has 11 heteroatoms. The number of nitrogens with one attached hydrogen (secondary N) is 2. The monoisotopic (exact) mass is 552 g/mol. The van der Waals surface area contributed by atoms with Gasteiger partial charge in [0, 0.05) is 43.7 Å². The number of methoxy groups -OCH3 is 1. The first-order valence-corrected chi connectivity index (χ1v) is 13.2. The van der Waals surface area contributed by atoms with E-state index in [4.69, 9.17) is 14.0 Å². The number of carbonyl (C=O) groups is 3. The maximum atomic E-state index is 14.8. The predicted molar refractivity (Wildman–Crippen MR) is 144 cm³/mol. The Bertz CT molecular complexity index is 1390. The van der Waals surface area contributed by atoms with Crippen LogP contribution in [0.4, 0.5) is 4.39 Å². The van der Waals surface area contributed by atoms with Gasteiger partial charge in [-0.3, -0.25) is 14.4 Å². The maximum Gasteiger partial charge on any atom is 0.259 e. The summed E-state index contributed by atoms with van der Waals surface area (Å²) in [5.74, 6) is -0.149. The molecular formula is C29H33FN4O6. The van der Waals surface area contributed by atoms with Crippen LogP contribution in [0.3, 0.4) is 0 Å². The lowest BCUT2D eigenvalue weighted by atomic mass is 10.1. The van der Waals surface area contributed by atoms with Crippen molar-refractivity contribution in [2.24, 2.45) is 0 Å². The van der Waals surface area contributed by atoms with Gasteiger partial charge in [0.25, 0.3) is 11.8 Å². The molecule has 2 N–H and O–H groups in total. The molecule has 1 aromatic heterocycles. The van der Waals surface area contributed by atoms with Crippen LogP contribution < -0.4 is 20.1 Å². The van der Waals surface area contributed by atoms with E-state index in [2.05, 4.69) is 15.8 Å². The van der Waals surface area contributed by atoms with Gasteiger partial charge >= 0.3 is 0 Å². The van der Waals surface area contributed by atoms with E-state index >= 15 is 0 Å². The summed E-state index contributed by atoms with van der Waals surface area (Å²) in [5.41, 5.74) is 1.52. The van der Waals surface area contributed by atoms with Crippen molar-refractivity contribution in [1.29, 1.82) is 0 Å². The summed E-state index contributed by atoms with van der Waals surface area (Å²) in [7, 11) is 1.44. The summed E-state index contributed by atoms with van der Waals surface area (Å²) in [5, 5.41) is 9.60. The molecule has 3 amide bonds. The lowest BCUT2D eigenvalue weighted by Gasteiger charge is -2.23. The Morgan fingerprint density at radius 1 is 1.12 bits per heavy atom. The number of rotatable bonds is 3. The minimum Gasteiger partial charge on any atom is -0.493 e. The van der Waals surface area contributed by atoms with Crippen molar-refractivity contribution >= 4 is 17.7 Å². The van der Waals surface area contributed by atoms with Crippen LogP contribution in [-0.4, -0.2) is 54.5 Å². The number of ether oxygens (including phenoxy) is 2. The molecule has 0 saturated carbocycles. The number of hydrogen-bond acceptors (Lipinski definition) is 7. The van der Waals surface area contributed by atoms with Gasteiger partial charge in [-0.05, 0) is 56.5 Å². The Hall–Kier alpha value is -4.41. The summed E-state index contributed by atoms with van der Waals surface area (Å²) in [6, 6.07) is 9.08. The standard InChI is InChI=1S/C29H33FN4O6/c1-4-22-27(18(2)40-33-22)29(37)34-14-6-10-26(35)32-17-20-21(30)8-5-9-23(20)39-24-12-11-19(16-25(24)38-3)28(36)31-13-7-15-34/h5,8-9,11-12,16H,4,6-7,10,13-15,17H2,1-3H3,(H,31,36)(H,32,35). The van der Waals surface area contributed by atoms with Gasteiger partial charge in [0.2, 0.25) is 5.91 Å². The Morgan fingerprint density at radius 2 is 1.93 bits per heavy atom. The number of aromatic nitrogens is 1. The summed E-state index contributed by atoms with van der Waals surface area (Å²) in [6.07, 6.45) is 1.54. The van der Waals surface area contributed by atoms with Gasteiger partial charge in [-0.15, -0.1) is 0 Å². The fourth-order valence-electron chi connectivity index (χ4n) is 4.50. The zero-order chi connectivity index (χ0) is 28.6. The van der Waals surface area contributed by atoms with Gasteiger partial charge in [-0.2, -0.15) is 0 Å². The maximum absolute atomic E-state index is 14.8. The number of fused-ring (bicyclic) bond motifs is 13. The van der Waals surface area contributed by atoms with E-state index in [-0.39, 0.29) is 47.7 Å². The quantitative estimate of drug-likeness (QED) is 0.500. The van der Waals surface area contributed by atoms with Crippen LogP contribution in [0.15, 0.2) is 40.9 Å². The summed E-state index contributed by atoms with van der Waals surface area (Å²) < 4.78 is 31.4. The van der Waals surface area contributed by atoms with Gasteiger partial charge in [0.05, 0.1) is 12.8 Å². The van der Waals surface area contributed by atoms with Crippen molar-refractivity contribution in [2.45, 2.75) is 46.1 Å². The average molecular weight is 553 g/mol. The molecule has 3 heterocycles. The zero-order valence-electron chi connectivity index (χ0n) is 22.8. The summed E-state index contributed by atoms with van der Waals surface area (Å²) >= 11 is 0. The fraction of sp³-hybridized carbons (Fsp3) is 0.379. The van der Waals surface area contributed by atoms with Gasteiger partial charge in [-0.1, -0.05) is 18.1 Å². The molecule has 5 rings (SSSR count). The Balaban J connectivity index is 1.60. The van der Waals surface area contributed by atoms with Crippen molar-refractivity contribution in [2.75, 3.05) is 26.7 Å². The number of nitrogens with zero attached hydrogens (tertiary/aromatic N) is 2. The Kier molecular flexibility index (Phi) is 9.36. The minimum atomic E-state index is -0.536. The first-order chi connectivity index (χ1) is 19.3. The smallest absolute Gasteiger partial charge is 0.259 e. The largest absolute Gasteiger partial charge is 0.493 e. The predicted octanol–water partition coefficient (Wildman–Crippen LogP) is 4.16. The van der Waals surface area contributed by atoms with Gasteiger partial charge in [-0.25, -0.2) is 4.39 Å². The molecule has 0 spiro atoms. The van der Waals surface area contributed by atoms with Crippen LogP contribution in [0.25, 0.3) is 0 Å². The Labute approximate surface area is 231 Å². The van der Waals surface area contributed by atoms with Gasteiger partial charge in [0.15, 0.2) is 11.5 Å². The van der Waals surface area contributed by atoms with E-state index in [1.165, 1.54) is 25.3 Å². The second kappa shape index (κ2) is 13.1. The van der Waals surface area contributed by atoms with Gasteiger partial charge in [0.1, 0.15) is 22.9 Å². The van der Waals surface area contributed by atoms with Crippen molar-refractivity contribution in [1.82, 2.24) is 20.7 Å². The third-order valence-electron chi connectivity index (χ3n) is 6.68. The van der Waals surface area contributed by atoms with Crippen LogP contribution in [0.2, 0.25) is 0 Å². The highest BCUT2D eigenvalue weighted by Gasteiger charge is 2.25. The van der Waals surface area contributed by atoms with Crippen molar-refractivity contribution in [3.05, 3.63) is 70.4 Å². The zero-order valence-corrected chi connectivity index (χ0v) is 22.8. The van der Waals surface area contributed by atoms with Crippen LogP contribution >= 0.6 is 0 Å². The lowest BCUT2D eigenvalue weighted by molar-refractivity contribution is -0.121. The molecule has 3 aromatic rings. The van der Waals surface area contributed by atoms with Crippen molar-refractivity contribution in [3.63, 3.8) is 0 Å². The van der Waals surface area contributed by atoms with Crippen molar-refractivity contribution < 1.29 is 32.8 Å². The minimum absolute atomic E-state index is 0.0912. The second-order valence-electron chi connectivity index (χ2n) is 9.38. The van der Waals surface area contributed by atoms with E-state index in [0.29, 0.717) is 67.2 Å². The first-order valence-electron chi connectivity index (χ1n) is 13.2. The number of hydrogen-bond donors (Lipinski definition) is 2. The number of carbonyl (C=O) groups excluding carboxylic acids is 3. The van der Waals surface area contributed by atoms with E-state index in [9.17, 15) is 18.8 Å². The number of benzene rings is 2. The summed E-state index contributed by atoms with van der Waals surface area (Å²) in [4.78, 5) is 40.6. The van der Waals surface area contributed by atoms with E-state index < -0.39 is 5.82 Å². The molecule has 0 unspecified atom stereocenters. The molecule has 212 valence electrons. The molecule has 0 fully saturated rings. The average Bonchev–Trinajstić information content (AvgIpc) is 3.33. The highest BCUT2D eigenvalue weighted by molar-refractivity contribution is 5.96. The number of amides is 3. The van der Waals surface area contributed by atoms with Crippen LogP contribution in [0, 0.1) is 12.7 Å². The normalized spacial score (nSPS) is 15.2. The molecule has 0 atom stereocenters. The van der Waals surface area contributed by atoms with Crippen LogP contribution in [0.5, 0.6) is 17.2 Å². The van der Waals surface area contributed by atoms with Crippen LogP contribution in [-0.2, 0) is 17.8 Å². The highest BCUT2D eigenvalue weighted by atomic mass is 19.1. The molecule has 40 heavy (non-hydrogen) atoms. The number of aryl methyl sites for hydroxylation is 2. The Morgan fingerprint density at radius 3 is 2.70 bits per heavy atom. The molecular weight excluding hydrogens is 519 g/mol. The third kappa shape index (κ3) is 6.59. The SMILES string of the molecule is CCc1noc(C)c1C(=O)N1CCCNC(=O)c2ccc(c(OC)c2)Oc2cccc(F)c2CNC(=O)CCC1. The third-order valence-corrected chi connectivity index (χ3v) is 6.68. The molecule has 2 aliphatic heterocycles. The van der Waals surface area contributed by atoms with Crippen molar-refractivity contribution in [3.8, 4) is 17.2 Å². The molecule has 2 bridgehead atoms. The molecule has 0 aliphatic carbocycles. The number of halogens is 1. The first kappa shape index (κ1) is 28.6. The van der Waals surface area contributed by atoms with E-state index in [1.54, 1.807) is 30.0 Å².